The van der Waals surface area contributed by atoms with Crippen molar-refractivity contribution in [1.29, 1.82) is 0 Å². The second-order valence-electron chi connectivity index (χ2n) is 4.06. The van der Waals surface area contributed by atoms with E-state index >= 15 is 0 Å². The number of sulfonamides is 1. The molecule has 0 radical (unpaired) electrons. The van der Waals surface area contributed by atoms with Gasteiger partial charge in [-0.05, 0) is 23.8 Å². The third-order valence-corrected chi connectivity index (χ3v) is 5.20. The summed E-state index contributed by atoms with van der Waals surface area (Å²) >= 11 is 7.41. The molecule has 0 atom stereocenters. The summed E-state index contributed by atoms with van der Waals surface area (Å²) in [6.45, 7) is 0. The van der Waals surface area contributed by atoms with Gasteiger partial charge in [-0.15, -0.1) is 11.3 Å². The normalized spacial score (nSPS) is 11.9. The van der Waals surface area contributed by atoms with E-state index in [0.717, 1.165) is 20.7 Å². The quantitative estimate of drug-likeness (QED) is 0.734. The van der Waals surface area contributed by atoms with E-state index in [1.165, 1.54) is 29.8 Å². The summed E-state index contributed by atoms with van der Waals surface area (Å²) in [4.78, 5) is 8.98. The Hall–Kier alpha value is -1.54. The SMILES string of the molecule is NS(=O)(=O)c1cccc(-c2cc3ncnc(Cl)c3s2)c1. The fourth-order valence-corrected chi connectivity index (χ4v) is 3.60. The topological polar surface area (TPSA) is 85.9 Å². The lowest BCUT2D eigenvalue weighted by atomic mass is 10.2. The molecule has 20 heavy (non-hydrogen) atoms. The van der Waals surface area contributed by atoms with Crippen LogP contribution in [0.4, 0.5) is 0 Å². The van der Waals surface area contributed by atoms with Gasteiger partial charge in [-0.25, -0.2) is 23.5 Å². The van der Waals surface area contributed by atoms with Gasteiger partial charge in [-0.2, -0.15) is 0 Å². The number of hydrogen-bond donors (Lipinski definition) is 1. The van der Waals surface area contributed by atoms with Crippen molar-refractivity contribution in [2.45, 2.75) is 4.90 Å². The van der Waals surface area contributed by atoms with E-state index in [2.05, 4.69) is 9.97 Å². The maximum absolute atomic E-state index is 11.4. The molecule has 3 rings (SSSR count). The molecule has 0 spiro atoms. The van der Waals surface area contributed by atoms with Crippen molar-refractivity contribution in [1.82, 2.24) is 9.97 Å². The molecule has 0 aliphatic carbocycles. The van der Waals surface area contributed by atoms with Gasteiger partial charge in [0.05, 0.1) is 15.1 Å². The highest BCUT2D eigenvalue weighted by atomic mass is 35.5. The van der Waals surface area contributed by atoms with Gasteiger partial charge in [0.25, 0.3) is 0 Å². The predicted molar refractivity (Wildman–Crippen MR) is 79.2 cm³/mol. The van der Waals surface area contributed by atoms with Crippen LogP contribution >= 0.6 is 22.9 Å². The largest absolute Gasteiger partial charge is 0.238 e. The molecule has 0 aliphatic heterocycles. The maximum atomic E-state index is 11.4. The summed E-state index contributed by atoms with van der Waals surface area (Å²) in [7, 11) is -3.72. The zero-order valence-corrected chi connectivity index (χ0v) is 12.3. The zero-order valence-electron chi connectivity index (χ0n) is 9.95. The van der Waals surface area contributed by atoms with Crippen LogP contribution in [0.5, 0.6) is 0 Å². The number of thiophene rings is 1. The molecule has 5 nitrogen and oxygen atoms in total. The molecule has 0 saturated heterocycles. The van der Waals surface area contributed by atoms with E-state index in [1.54, 1.807) is 12.1 Å². The average Bonchev–Trinajstić information content (AvgIpc) is 2.83. The standard InChI is InChI=1S/C12H8ClN3O2S2/c13-12-11-9(15-6-16-12)5-10(19-11)7-2-1-3-8(4-7)20(14,17)18/h1-6H,(H2,14,17,18). The molecule has 2 heterocycles. The molecule has 0 bridgehead atoms. The van der Waals surface area contributed by atoms with Gasteiger partial charge in [-0.3, -0.25) is 0 Å². The Labute approximate surface area is 124 Å². The number of hydrogen-bond acceptors (Lipinski definition) is 5. The summed E-state index contributed by atoms with van der Waals surface area (Å²) in [6, 6.07) is 8.28. The fourth-order valence-electron chi connectivity index (χ4n) is 1.79. The van der Waals surface area contributed by atoms with Crippen LogP contribution in [-0.4, -0.2) is 18.4 Å². The second kappa shape index (κ2) is 4.78. The van der Waals surface area contributed by atoms with Crippen molar-refractivity contribution < 1.29 is 8.42 Å². The van der Waals surface area contributed by atoms with Crippen LogP contribution in [0, 0.1) is 0 Å². The smallest absolute Gasteiger partial charge is 0.235 e. The summed E-state index contributed by atoms with van der Waals surface area (Å²) in [6.07, 6.45) is 1.39. The van der Waals surface area contributed by atoms with Crippen LogP contribution in [0.2, 0.25) is 5.15 Å². The minimum atomic E-state index is -3.72. The van der Waals surface area contributed by atoms with Crippen molar-refractivity contribution in [2.24, 2.45) is 5.14 Å². The van der Waals surface area contributed by atoms with Crippen molar-refractivity contribution in [3.8, 4) is 10.4 Å². The number of fused-ring (bicyclic) bond motifs is 1. The van der Waals surface area contributed by atoms with Crippen molar-refractivity contribution >= 4 is 43.2 Å². The molecule has 0 fully saturated rings. The van der Waals surface area contributed by atoms with Crippen molar-refractivity contribution in [3.63, 3.8) is 0 Å². The Balaban J connectivity index is 2.19. The Morgan fingerprint density at radius 1 is 1.20 bits per heavy atom. The first-order valence-corrected chi connectivity index (χ1v) is 8.22. The Morgan fingerprint density at radius 3 is 2.70 bits per heavy atom. The van der Waals surface area contributed by atoms with Gasteiger partial charge in [0, 0.05) is 4.88 Å². The molecule has 0 unspecified atom stereocenters. The Kier molecular flexibility index (Phi) is 3.21. The molecule has 2 N–H and O–H groups in total. The third kappa shape index (κ3) is 2.40. The monoisotopic (exact) mass is 325 g/mol. The highest BCUT2D eigenvalue weighted by molar-refractivity contribution is 7.89. The summed E-state index contributed by atoms with van der Waals surface area (Å²) in [5.41, 5.74) is 1.47. The number of rotatable bonds is 2. The zero-order chi connectivity index (χ0) is 14.3. The average molecular weight is 326 g/mol. The molecular weight excluding hydrogens is 318 g/mol. The molecule has 3 aromatic rings. The number of primary sulfonamides is 1. The van der Waals surface area contributed by atoms with Gasteiger partial charge in [0.1, 0.15) is 11.5 Å². The van der Waals surface area contributed by atoms with Crippen LogP contribution in [0.1, 0.15) is 0 Å². The Morgan fingerprint density at radius 2 is 2.00 bits per heavy atom. The van der Waals surface area contributed by atoms with Gasteiger partial charge in [-0.1, -0.05) is 23.7 Å². The fraction of sp³-hybridized carbons (Fsp3) is 0. The number of aromatic nitrogens is 2. The number of halogens is 1. The van der Waals surface area contributed by atoms with Gasteiger partial charge in [0.2, 0.25) is 10.0 Å². The number of nitrogens with zero attached hydrogens (tertiary/aromatic N) is 2. The van der Waals surface area contributed by atoms with E-state index in [1.807, 2.05) is 6.07 Å². The Bertz CT molecular complexity index is 906. The van der Waals surface area contributed by atoms with Crippen LogP contribution < -0.4 is 5.14 Å². The molecule has 0 saturated carbocycles. The van der Waals surface area contributed by atoms with Crippen molar-refractivity contribution in [3.05, 3.63) is 41.8 Å². The first-order valence-electron chi connectivity index (χ1n) is 5.48. The number of benzene rings is 1. The molecule has 8 heteroatoms. The minimum Gasteiger partial charge on any atom is -0.235 e. The van der Waals surface area contributed by atoms with Gasteiger partial charge < -0.3 is 0 Å². The van der Waals surface area contributed by atoms with Crippen molar-refractivity contribution in [2.75, 3.05) is 0 Å². The lowest BCUT2D eigenvalue weighted by Crippen LogP contribution is -2.11. The molecule has 0 aliphatic rings. The lowest BCUT2D eigenvalue weighted by molar-refractivity contribution is 0.598. The van der Waals surface area contributed by atoms with E-state index in [0.29, 0.717) is 5.15 Å². The maximum Gasteiger partial charge on any atom is 0.238 e. The van der Waals surface area contributed by atoms with E-state index in [4.69, 9.17) is 16.7 Å². The molecule has 0 amide bonds. The minimum absolute atomic E-state index is 0.0737. The number of nitrogens with two attached hydrogens (primary N) is 1. The van der Waals surface area contributed by atoms with Crippen LogP contribution in [0.25, 0.3) is 20.7 Å². The summed E-state index contributed by atoms with van der Waals surface area (Å²) in [5, 5.41) is 5.52. The van der Waals surface area contributed by atoms with Gasteiger partial charge >= 0.3 is 0 Å². The summed E-state index contributed by atoms with van der Waals surface area (Å²) in [5.74, 6) is 0. The highest BCUT2D eigenvalue weighted by Gasteiger charge is 2.12. The van der Waals surface area contributed by atoms with E-state index in [-0.39, 0.29) is 4.90 Å². The molecule has 102 valence electrons. The van der Waals surface area contributed by atoms with Crippen LogP contribution in [0.15, 0.2) is 41.6 Å². The van der Waals surface area contributed by atoms with Crippen LogP contribution in [0.3, 0.4) is 0 Å². The van der Waals surface area contributed by atoms with Crippen LogP contribution in [-0.2, 0) is 10.0 Å². The van der Waals surface area contributed by atoms with Gasteiger partial charge in [0.15, 0.2) is 0 Å². The molecular formula is C12H8ClN3O2S2. The first-order chi connectivity index (χ1) is 9.45. The second-order valence-corrected chi connectivity index (χ2v) is 7.03. The highest BCUT2D eigenvalue weighted by Crippen LogP contribution is 2.35. The third-order valence-electron chi connectivity index (χ3n) is 2.71. The lowest BCUT2D eigenvalue weighted by Gasteiger charge is -2.01. The predicted octanol–water partition coefficient (Wildman–Crippen LogP) is 2.66. The molecule has 2 aromatic heterocycles. The first kappa shape index (κ1) is 13.4. The molecule has 1 aromatic carbocycles. The summed E-state index contributed by atoms with van der Waals surface area (Å²) < 4.78 is 23.5. The van der Waals surface area contributed by atoms with E-state index < -0.39 is 10.0 Å². The van der Waals surface area contributed by atoms with E-state index in [9.17, 15) is 8.42 Å².